The van der Waals surface area contributed by atoms with Gasteiger partial charge in [0.15, 0.2) is 5.82 Å². The van der Waals surface area contributed by atoms with Gasteiger partial charge in [0.1, 0.15) is 11.4 Å². The zero-order valence-electron chi connectivity index (χ0n) is 13.8. The lowest BCUT2D eigenvalue weighted by Gasteiger charge is -2.13. The van der Waals surface area contributed by atoms with Gasteiger partial charge in [0.25, 0.3) is 12.0 Å². The molecule has 0 fully saturated rings. The van der Waals surface area contributed by atoms with Crippen molar-refractivity contribution < 1.29 is 23.4 Å². The Morgan fingerprint density at radius 1 is 1.22 bits per heavy atom. The molecule has 3 heterocycles. The number of halogens is 2. The number of ether oxygens (including phenoxy) is 1. The zero-order chi connectivity index (χ0) is 19.6. The van der Waals surface area contributed by atoms with Crippen LogP contribution < -0.4 is 10.3 Å². The molecular formula is C17H12F2N4O4. The first-order chi connectivity index (χ1) is 12.9. The molecule has 10 heteroatoms. The highest BCUT2D eigenvalue weighted by Gasteiger charge is 2.21. The van der Waals surface area contributed by atoms with Crippen molar-refractivity contribution in [1.82, 2.24) is 19.7 Å². The molecule has 0 aliphatic heterocycles. The number of methoxy groups -OCH3 is 1. The summed E-state index contributed by atoms with van der Waals surface area (Å²) in [5.74, 6) is -1.21. The molecule has 0 radical (unpaired) electrons. The molecule has 138 valence electrons. The average molecular weight is 374 g/mol. The monoisotopic (exact) mass is 374 g/mol. The second kappa shape index (κ2) is 7.28. The summed E-state index contributed by atoms with van der Waals surface area (Å²) in [5.41, 5.74) is -1.18. The molecule has 0 spiro atoms. The summed E-state index contributed by atoms with van der Waals surface area (Å²) in [6, 6.07) is 4.99. The van der Waals surface area contributed by atoms with E-state index in [1.54, 1.807) is 0 Å². The molecule has 3 aromatic rings. The maximum atomic E-state index is 13.1. The molecule has 3 aromatic heterocycles. The third-order valence-electron chi connectivity index (χ3n) is 3.67. The summed E-state index contributed by atoms with van der Waals surface area (Å²) in [6.45, 7) is 0. The molecule has 0 saturated heterocycles. The second-order valence-corrected chi connectivity index (χ2v) is 5.28. The van der Waals surface area contributed by atoms with Gasteiger partial charge in [-0.1, -0.05) is 0 Å². The second-order valence-electron chi connectivity index (χ2n) is 5.28. The van der Waals surface area contributed by atoms with Crippen molar-refractivity contribution in [3.63, 3.8) is 0 Å². The minimum atomic E-state index is -2.86. The van der Waals surface area contributed by atoms with Crippen molar-refractivity contribution >= 4 is 5.97 Å². The maximum absolute atomic E-state index is 13.1. The topological polar surface area (TPSA) is 107 Å². The van der Waals surface area contributed by atoms with Crippen molar-refractivity contribution in [3.05, 3.63) is 64.5 Å². The summed E-state index contributed by atoms with van der Waals surface area (Å²) in [6.07, 6.45) is 0.601. The van der Waals surface area contributed by atoms with Crippen LogP contribution in [0, 0.1) is 0 Å². The number of carbonyl (C=O) groups is 1. The van der Waals surface area contributed by atoms with E-state index in [9.17, 15) is 23.5 Å². The Balaban J connectivity index is 2.30. The Labute approximate surface area is 150 Å². The summed E-state index contributed by atoms with van der Waals surface area (Å²) in [4.78, 5) is 31.1. The van der Waals surface area contributed by atoms with Crippen LogP contribution in [0.1, 0.15) is 22.5 Å². The van der Waals surface area contributed by atoms with Crippen LogP contribution >= 0.6 is 0 Å². The average Bonchev–Trinajstić information content (AvgIpc) is 2.67. The van der Waals surface area contributed by atoms with Gasteiger partial charge in [0.05, 0.1) is 18.9 Å². The Kier molecular flexibility index (Phi) is 4.88. The van der Waals surface area contributed by atoms with E-state index in [2.05, 4.69) is 15.1 Å². The summed E-state index contributed by atoms with van der Waals surface area (Å²) in [5, 5.41) is 13.3. The van der Waals surface area contributed by atoms with E-state index in [1.807, 2.05) is 0 Å². The number of rotatable bonds is 5. The number of aromatic nitrogens is 4. The van der Waals surface area contributed by atoms with Gasteiger partial charge in [-0.05, 0) is 18.2 Å². The molecule has 0 unspecified atom stereocenters. The fourth-order valence-electron chi connectivity index (χ4n) is 2.43. The lowest BCUT2D eigenvalue weighted by atomic mass is 10.0. The van der Waals surface area contributed by atoms with Crippen molar-refractivity contribution in [2.45, 2.75) is 6.43 Å². The van der Waals surface area contributed by atoms with E-state index in [4.69, 9.17) is 4.74 Å². The van der Waals surface area contributed by atoms with Crippen molar-refractivity contribution in [1.29, 1.82) is 0 Å². The number of alkyl halides is 2. The SMILES string of the molecule is COc1cnc(C(F)F)cc1-c1cc(-n2ncccc2=O)ncc1C(=O)O. The quantitative estimate of drug-likeness (QED) is 0.730. The van der Waals surface area contributed by atoms with Crippen molar-refractivity contribution in [2.75, 3.05) is 7.11 Å². The number of carboxylic acid groups (broad SMARTS) is 1. The first-order valence-corrected chi connectivity index (χ1v) is 7.53. The van der Waals surface area contributed by atoms with Crippen LogP contribution in [0.3, 0.4) is 0 Å². The van der Waals surface area contributed by atoms with Crippen LogP contribution in [0.2, 0.25) is 0 Å². The molecule has 0 saturated carbocycles. The van der Waals surface area contributed by atoms with Crippen LogP contribution in [0.4, 0.5) is 8.78 Å². The molecule has 8 nitrogen and oxygen atoms in total. The first-order valence-electron chi connectivity index (χ1n) is 7.53. The highest BCUT2D eigenvalue weighted by Crippen LogP contribution is 2.35. The minimum absolute atomic E-state index is 0.0260. The summed E-state index contributed by atoms with van der Waals surface area (Å²) >= 11 is 0. The lowest BCUT2D eigenvalue weighted by Crippen LogP contribution is -2.20. The molecule has 27 heavy (non-hydrogen) atoms. The predicted molar refractivity (Wildman–Crippen MR) is 89.3 cm³/mol. The minimum Gasteiger partial charge on any atom is -0.494 e. The standard InChI is InChI=1S/C17H12F2N4O4/c1-27-13-8-20-12(16(18)19)5-10(13)9-6-14(21-7-11(9)17(25)26)23-15(24)3-2-4-22-23/h2-8,16H,1H3,(H,25,26). The summed E-state index contributed by atoms with van der Waals surface area (Å²) < 4.78 is 32.2. The first kappa shape index (κ1) is 18.1. The third kappa shape index (κ3) is 3.50. The van der Waals surface area contributed by atoms with Gasteiger partial charge in [-0.25, -0.2) is 18.6 Å². The molecule has 1 N–H and O–H groups in total. The van der Waals surface area contributed by atoms with E-state index in [0.717, 1.165) is 23.1 Å². The highest BCUT2D eigenvalue weighted by atomic mass is 19.3. The number of nitrogens with zero attached hydrogens (tertiary/aromatic N) is 4. The van der Waals surface area contributed by atoms with Crippen LogP contribution in [0.5, 0.6) is 5.75 Å². The van der Waals surface area contributed by atoms with Crippen molar-refractivity contribution in [2.24, 2.45) is 0 Å². The number of hydrogen-bond donors (Lipinski definition) is 1. The molecular weight excluding hydrogens is 362 g/mol. The largest absolute Gasteiger partial charge is 0.494 e. The molecule has 3 rings (SSSR count). The molecule has 0 aliphatic rings. The molecule has 0 aliphatic carbocycles. The molecule has 0 bridgehead atoms. The van der Waals surface area contributed by atoms with Crippen molar-refractivity contribution in [3.8, 4) is 22.7 Å². The highest BCUT2D eigenvalue weighted by molar-refractivity contribution is 5.97. The molecule has 0 amide bonds. The number of pyridine rings is 2. The number of hydrogen-bond acceptors (Lipinski definition) is 6. The fraction of sp³-hybridized carbons (Fsp3) is 0.118. The molecule has 0 aromatic carbocycles. The lowest BCUT2D eigenvalue weighted by molar-refractivity contribution is 0.0697. The van der Waals surface area contributed by atoms with E-state index in [-0.39, 0.29) is 28.3 Å². The Bertz CT molecular complexity index is 1070. The third-order valence-corrected chi connectivity index (χ3v) is 3.67. The van der Waals surface area contributed by atoms with Gasteiger partial charge in [-0.3, -0.25) is 9.78 Å². The van der Waals surface area contributed by atoms with Gasteiger partial charge in [0, 0.05) is 29.6 Å². The van der Waals surface area contributed by atoms with Gasteiger partial charge in [-0.15, -0.1) is 0 Å². The smallest absolute Gasteiger partial charge is 0.337 e. The van der Waals surface area contributed by atoms with Gasteiger partial charge < -0.3 is 9.84 Å². The van der Waals surface area contributed by atoms with E-state index < -0.39 is 23.6 Å². The van der Waals surface area contributed by atoms with Crippen LogP contribution in [-0.2, 0) is 0 Å². The van der Waals surface area contributed by atoms with Gasteiger partial charge >= 0.3 is 5.97 Å². The maximum Gasteiger partial charge on any atom is 0.337 e. The van der Waals surface area contributed by atoms with Crippen LogP contribution in [-0.4, -0.2) is 37.9 Å². The fourth-order valence-corrected chi connectivity index (χ4v) is 2.43. The normalized spacial score (nSPS) is 10.8. The zero-order valence-corrected chi connectivity index (χ0v) is 13.8. The molecule has 0 atom stereocenters. The Hall–Kier alpha value is -3.69. The van der Waals surface area contributed by atoms with Crippen LogP contribution in [0.15, 0.2) is 47.7 Å². The van der Waals surface area contributed by atoms with Gasteiger partial charge in [0.2, 0.25) is 0 Å². The van der Waals surface area contributed by atoms with Gasteiger partial charge in [-0.2, -0.15) is 9.78 Å². The van der Waals surface area contributed by atoms with E-state index in [1.165, 1.54) is 31.5 Å². The van der Waals surface area contributed by atoms with Crippen LogP contribution in [0.25, 0.3) is 16.9 Å². The predicted octanol–water partition coefficient (Wildman–Crippen LogP) is 2.33. The van der Waals surface area contributed by atoms with E-state index in [0.29, 0.717) is 0 Å². The summed E-state index contributed by atoms with van der Waals surface area (Å²) in [7, 11) is 1.30. The number of aromatic carboxylic acids is 1. The Morgan fingerprint density at radius 2 is 2.00 bits per heavy atom. The Morgan fingerprint density at radius 3 is 2.63 bits per heavy atom. The number of carboxylic acids is 1. The van der Waals surface area contributed by atoms with E-state index >= 15 is 0 Å².